The second kappa shape index (κ2) is 2.61. The molecule has 0 nitrogen and oxygen atoms in total. The molecular weight excluding hydrogens is 120 g/mol. The lowest BCUT2D eigenvalue weighted by atomic mass is 9.76. The Morgan fingerprint density at radius 3 is 2.50 bits per heavy atom. The lowest BCUT2D eigenvalue weighted by Gasteiger charge is -2.29. The fourth-order valence-corrected chi connectivity index (χ4v) is 1.50. The summed E-state index contributed by atoms with van der Waals surface area (Å²) in [5, 5.41) is 0. The van der Waals surface area contributed by atoms with Crippen LogP contribution in [0.1, 0.15) is 33.6 Å². The van der Waals surface area contributed by atoms with E-state index in [-0.39, 0.29) is 0 Å². The van der Waals surface area contributed by atoms with Crippen molar-refractivity contribution in [3.05, 3.63) is 23.8 Å². The van der Waals surface area contributed by atoms with Crippen LogP contribution in [0.3, 0.4) is 0 Å². The Balaban J connectivity index is 2.83. The first-order chi connectivity index (χ1) is 4.67. The molecule has 0 aliphatic heterocycles. The van der Waals surface area contributed by atoms with Crippen molar-refractivity contribution in [1.82, 2.24) is 0 Å². The van der Waals surface area contributed by atoms with E-state index in [0.29, 0.717) is 5.41 Å². The molecule has 0 heteroatoms. The minimum Gasteiger partial charge on any atom is -0.0876 e. The van der Waals surface area contributed by atoms with E-state index >= 15 is 0 Å². The number of hydrogen-bond acceptors (Lipinski definition) is 0. The SMILES string of the molecule is CC=C1CC=CCC1(C)C. The van der Waals surface area contributed by atoms with Crippen molar-refractivity contribution in [2.75, 3.05) is 0 Å². The van der Waals surface area contributed by atoms with Crippen LogP contribution in [0.25, 0.3) is 0 Å². The van der Waals surface area contributed by atoms with Gasteiger partial charge in [0.25, 0.3) is 0 Å². The van der Waals surface area contributed by atoms with Gasteiger partial charge in [0.15, 0.2) is 0 Å². The van der Waals surface area contributed by atoms with Crippen molar-refractivity contribution in [3.8, 4) is 0 Å². The summed E-state index contributed by atoms with van der Waals surface area (Å²) in [5.74, 6) is 0. The summed E-state index contributed by atoms with van der Waals surface area (Å²) in [6.45, 7) is 6.76. The Morgan fingerprint density at radius 2 is 2.10 bits per heavy atom. The zero-order valence-electron chi connectivity index (χ0n) is 7.15. The molecule has 0 N–H and O–H groups in total. The van der Waals surface area contributed by atoms with Crippen LogP contribution in [0, 0.1) is 5.41 Å². The third-order valence-electron chi connectivity index (χ3n) is 2.35. The average Bonchev–Trinajstić information content (AvgIpc) is 1.87. The largest absolute Gasteiger partial charge is 0.0876 e. The fraction of sp³-hybridized carbons (Fsp3) is 0.600. The van der Waals surface area contributed by atoms with Gasteiger partial charge in [-0.25, -0.2) is 0 Å². The topological polar surface area (TPSA) is 0 Å². The molecule has 0 amide bonds. The molecule has 10 heavy (non-hydrogen) atoms. The molecule has 0 aromatic heterocycles. The van der Waals surface area contributed by atoms with Crippen LogP contribution in [0.15, 0.2) is 23.8 Å². The van der Waals surface area contributed by atoms with Crippen molar-refractivity contribution >= 4 is 0 Å². The number of rotatable bonds is 0. The maximum atomic E-state index is 2.31. The van der Waals surface area contributed by atoms with Crippen molar-refractivity contribution < 1.29 is 0 Å². The van der Waals surface area contributed by atoms with Gasteiger partial charge in [-0.2, -0.15) is 0 Å². The molecular formula is C10H16. The minimum absolute atomic E-state index is 0.420. The molecule has 56 valence electrons. The Morgan fingerprint density at radius 1 is 1.40 bits per heavy atom. The maximum Gasteiger partial charge on any atom is -0.0107 e. The Bertz CT molecular complexity index is 170. The molecule has 0 heterocycles. The molecule has 1 aliphatic carbocycles. The van der Waals surface area contributed by atoms with E-state index in [9.17, 15) is 0 Å². The maximum absolute atomic E-state index is 2.31. The van der Waals surface area contributed by atoms with Gasteiger partial charge in [0.2, 0.25) is 0 Å². The second-order valence-corrected chi connectivity index (χ2v) is 3.58. The van der Waals surface area contributed by atoms with Gasteiger partial charge in [0.1, 0.15) is 0 Å². The van der Waals surface area contributed by atoms with E-state index in [2.05, 4.69) is 39.0 Å². The summed E-state index contributed by atoms with van der Waals surface area (Å²) in [6, 6.07) is 0. The summed E-state index contributed by atoms with van der Waals surface area (Å²) in [6.07, 6.45) is 9.16. The van der Waals surface area contributed by atoms with Crippen molar-refractivity contribution in [1.29, 1.82) is 0 Å². The summed E-state index contributed by atoms with van der Waals surface area (Å²) in [7, 11) is 0. The van der Waals surface area contributed by atoms with E-state index in [4.69, 9.17) is 0 Å². The van der Waals surface area contributed by atoms with Crippen LogP contribution >= 0.6 is 0 Å². The van der Waals surface area contributed by atoms with Crippen LogP contribution in [0.4, 0.5) is 0 Å². The zero-order chi connectivity index (χ0) is 7.61. The molecule has 0 bridgehead atoms. The Hall–Kier alpha value is -0.520. The van der Waals surface area contributed by atoms with Crippen molar-refractivity contribution in [3.63, 3.8) is 0 Å². The number of allylic oxidation sites excluding steroid dienone is 4. The first-order valence-corrected chi connectivity index (χ1v) is 3.97. The van der Waals surface area contributed by atoms with Gasteiger partial charge in [-0.05, 0) is 25.2 Å². The zero-order valence-corrected chi connectivity index (χ0v) is 7.15. The third-order valence-corrected chi connectivity index (χ3v) is 2.35. The van der Waals surface area contributed by atoms with Gasteiger partial charge in [-0.3, -0.25) is 0 Å². The predicted octanol–water partition coefficient (Wildman–Crippen LogP) is 3.31. The van der Waals surface area contributed by atoms with E-state index in [1.807, 2.05) is 0 Å². The number of hydrogen-bond donors (Lipinski definition) is 0. The van der Waals surface area contributed by atoms with Crippen molar-refractivity contribution in [2.24, 2.45) is 5.41 Å². The minimum atomic E-state index is 0.420. The molecule has 0 spiro atoms. The summed E-state index contributed by atoms with van der Waals surface area (Å²) < 4.78 is 0. The summed E-state index contributed by atoms with van der Waals surface area (Å²) >= 11 is 0. The monoisotopic (exact) mass is 136 g/mol. The first kappa shape index (κ1) is 7.59. The molecule has 0 saturated carbocycles. The third kappa shape index (κ3) is 1.31. The smallest absolute Gasteiger partial charge is 0.0107 e. The molecule has 0 saturated heterocycles. The van der Waals surface area contributed by atoms with Gasteiger partial charge in [0.05, 0.1) is 0 Å². The highest BCUT2D eigenvalue weighted by Crippen LogP contribution is 2.36. The highest BCUT2D eigenvalue weighted by molar-refractivity contribution is 5.20. The summed E-state index contributed by atoms with van der Waals surface area (Å²) in [5.41, 5.74) is 2.00. The molecule has 0 atom stereocenters. The van der Waals surface area contributed by atoms with Crippen LogP contribution in [-0.4, -0.2) is 0 Å². The molecule has 1 aliphatic rings. The molecule has 0 aromatic carbocycles. The van der Waals surface area contributed by atoms with Gasteiger partial charge >= 0.3 is 0 Å². The van der Waals surface area contributed by atoms with Crippen molar-refractivity contribution in [2.45, 2.75) is 33.6 Å². The molecule has 0 aromatic rings. The van der Waals surface area contributed by atoms with Crippen LogP contribution < -0.4 is 0 Å². The highest BCUT2D eigenvalue weighted by Gasteiger charge is 2.22. The Labute approximate surface area is 63.6 Å². The molecule has 0 radical (unpaired) electrons. The predicted molar refractivity (Wildman–Crippen MR) is 45.9 cm³/mol. The fourth-order valence-electron chi connectivity index (χ4n) is 1.50. The van der Waals surface area contributed by atoms with Crippen LogP contribution in [0.5, 0.6) is 0 Å². The Kier molecular flexibility index (Phi) is 1.98. The highest BCUT2D eigenvalue weighted by atomic mass is 14.3. The molecule has 0 unspecified atom stereocenters. The second-order valence-electron chi connectivity index (χ2n) is 3.58. The first-order valence-electron chi connectivity index (χ1n) is 3.97. The van der Waals surface area contributed by atoms with Crippen LogP contribution in [-0.2, 0) is 0 Å². The van der Waals surface area contributed by atoms with E-state index in [1.54, 1.807) is 5.57 Å². The van der Waals surface area contributed by atoms with Gasteiger partial charge in [-0.1, -0.05) is 37.6 Å². The lowest BCUT2D eigenvalue weighted by molar-refractivity contribution is 0.433. The van der Waals surface area contributed by atoms with E-state index in [0.717, 1.165) is 6.42 Å². The lowest BCUT2D eigenvalue weighted by Crippen LogP contribution is -2.15. The molecule has 1 rings (SSSR count). The van der Waals surface area contributed by atoms with E-state index < -0.39 is 0 Å². The average molecular weight is 136 g/mol. The van der Waals surface area contributed by atoms with E-state index in [1.165, 1.54) is 6.42 Å². The van der Waals surface area contributed by atoms with Gasteiger partial charge in [-0.15, -0.1) is 0 Å². The molecule has 0 fully saturated rings. The van der Waals surface area contributed by atoms with Crippen LogP contribution in [0.2, 0.25) is 0 Å². The quantitative estimate of drug-likeness (QED) is 0.448. The van der Waals surface area contributed by atoms with Gasteiger partial charge in [0, 0.05) is 0 Å². The standard InChI is InChI=1S/C10H16/c1-4-9-7-5-6-8-10(9,2)3/h4-6H,7-8H2,1-3H3. The normalized spacial score (nSPS) is 27.3. The summed E-state index contributed by atoms with van der Waals surface area (Å²) in [4.78, 5) is 0. The van der Waals surface area contributed by atoms with Gasteiger partial charge < -0.3 is 0 Å².